The van der Waals surface area contributed by atoms with Crippen LogP contribution in [-0.4, -0.2) is 23.5 Å². The Morgan fingerprint density at radius 3 is 3.04 bits per heavy atom. The molecule has 1 saturated heterocycles. The number of thiazole rings is 1. The van der Waals surface area contributed by atoms with E-state index in [1.165, 1.54) is 17.7 Å². The summed E-state index contributed by atoms with van der Waals surface area (Å²) in [5.41, 5.74) is 2.19. The fraction of sp³-hybridized carbons (Fsp3) is 0.316. The lowest BCUT2D eigenvalue weighted by Crippen LogP contribution is -2.22. The van der Waals surface area contributed by atoms with E-state index in [-0.39, 0.29) is 0 Å². The van der Waals surface area contributed by atoms with Gasteiger partial charge in [-0.3, -0.25) is 4.90 Å². The lowest BCUT2D eigenvalue weighted by Gasteiger charge is -2.22. The number of rotatable bonds is 5. The molecular weight excluding hydrogens is 416 g/mol. The molecule has 0 N–H and O–H groups in total. The summed E-state index contributed by atoms with van der Waals surface area (Å²) in [7, 11) is 1.71. The Morgan fingerprint density at radius 2 is 2.24 bits per heavy atom. The molecule has 4 rings (SSSR count). The smallest absolute Gasteiger partial charge is 0.129 e. The molecule has 0 bridgehead atoms. The fourth-order valence-electron chi connectivity index (χ4n) is 3.38. The predicted octanol–water partition coefficient (Wildman–Crippen LogP) is 5.98. The highest BCUT2D eigenvalue weighted by Gasteiger charge is 2.27. The van der Waals surface area contributed by atoms with Gasteiger partial charge in [-0.2, -0.15) is 0 Å². The zero-order valence-corrected chi connectivity index (χ0v) is 17.2. The Kier molecular flexibility index (Phi) is 5.22. The molecule has 3 heterocycles. The molecule has 0 amide bonds. The van der Waals surface area contributed by atoms with Gasteiger partial charge in [0.05, 0.1) is 18.4 Å². The van der Waals surface area contributed by atoms with E-state index >= 15 is 0 Å². The van der Waals surface area contributed by atoms with Crippen molar-refractivity contribution in [2.45, 2.75) is 25.4 Å². The van der Waals surface area contributed by atoms with Crippen molar-refractivity contribution in [1.29, 1.82) is 0 Å². The number of hydrogen-bond donors (Lipinski definition) is 0. The maximum atomic E-state index is 5.50. The molecule has 0 aliphatic carbocycles. The molecule has 1 atom stereocenters. The molecule has 1 aliphatic heterocycles. The van der Waals surface area contributed by atoms with Crippen LogP contribution < -0.4 is 4.74 Å². The Hall–Kier alpha value is -1.21. The number of methoxy groups -OCH3 is 1. The maximum Gasteiger partial charge on any atom is 0.129 e. The van der Waals surface area contributed by atoms with Gasteiger partial charge in [0, 0.05) is 27.3 Å². The molecule has 1 fully saturated rings. The van der Waals surface area contributed by atoms with Gasteiger partial charge in [-0.25, -0.2) is 4.98 Å². The number of thiophene rings is 1. The number of halogens is 1. The van der Waals surface area contributed by atoms with Crippen LogP contribution in [0.1, 0.15) is 29.5 Å². The van der Waals surface area contributed by atoms with Crippen molar-refractivity contribution in [3.8, 4) is 16.3 Å². The molecular formula is C19H19BrN2OS2. The van der Waals surface area contributed by atoms with Gasteiger partial charge in [0.15, 0.2) is 0 Å². The largest absolute Gasteiger partial charge is 0.496 e. The second-order valence-electron chi connectivity index (χ2n) is 6.13. The van der Waals surface area contributed by atoms with E-state index < -0.39 is 0 Å². The third kappa shape index (κ3) is 3.67. The first-order valence-electron chi connectivity index (χ1n) is 8.30. The van der Waals surface area contributed by atoms with Crippen LogP contribution >= 0.6 is 38.6 Å². The summed E-state index contributed by atoms with van der Waals surface area (Å²) in [6.07, 6.45) is 2.51. The second-order valence-corrected chi connectivity index (χ2v) is 8.89. The van der Waals surface area contributed by atoms with Crippen LogP contribution in [-0.2, 0) is 6.54 Å². The minimum absolute atomic E-state index is 0.547. The number of ether oxygens (including phenoxy) is 1. The van der Waals surface area contributed by atoms with Gasteiger partial charge in [0.25, 0.3) is 0 Å². The molecule has 1 aliphatic rings. The molecule has 0 radical (unpaired) electrons. The summed E-state index contributed by atoms with van der Waals surface area (Å²) in [6, 6.07) is 11.0. The molecule has 1 aromatic carbocycles. The van der Waals surface area contributed by atoms with Crippen LogP contribution in [0.4, 0.5) is 0 Å². The maximum absolute atomic E-state index is 5.50. The van der Waals surface area contributed by atoms with E-state index in [0.29, 0.717) is 6.04 Å². The third-order valence-corrected chi connectivity index (χ3v) is 6.94. The predicted molar refractivity (Wildman–Crippen MR) is 109 cm³/mol. The zero-order valence-electron chi connectivity index (χ0n) is 13.9. The van der Waals surface area contributed by atoms with E-state index in [4.69, 9.17) is 9.72 Å². The number of aromatic nitrogens is 1. The van der Waals surface area contributed by atoms with E-state index in [9.17, 15) is 0 Å². The van der Waals surface area contributed by atoms with Crippen molar-refractivity contribution >= 4 is 38.6 Å². The summed E-state index contributed by atoms with van der Waals surface area (Å²) < 4.78 is 6.54. The van der Waals surface area contributed by atoms with Crippen molar-refractivity contribution in [3.05, 3.63) is 56.1 Å². The molecule has 3 aromatic rings. The number of likely N-dealkylation sites (tertiary alicyclic amines) is 1. The van der Waals surface area contributed by atoms with E-state index in [1.54, 1.807) is 18.4 Å². The lowest BCUT2D eigenvalue weighted by atomic mass is 10.2. The van der Waals surface area contributed by atoms with E-state index in [1.807, 2.05) is 23.5 Å². The Balaban J connectivity index is 1.55. The van der Waals surface area contributed by atoms with E-state index in [0.717, 1.165) is 39.6 Å². The Morgan fingerprint density at radius 1 is 1.32 bits per heavy atom. The summed E-state index contributed by atoms with van der Waals surface area (Å²) in [5.74, 6) is 0.863. The van der Waals surface area contributed by atoms with Crippen molar-refractivity contribution in [2.24, 2.45) is 0 Å². The normalized spacial score (nSPS) is 17.9. The molecule has 1 unspecified atom stereocenters. The standard InChI is InChI=1S/C19H19BrN2OS2/c1-23-17-7-6-13(20)10-15(17)19-21-14(12-25-19)11-22-8-2-4-16(22)18-5-3-9-24-18/h3,5-7,9-10,12,16H,2,4,8,11H2,1H3. The minimum atomic E-state index is 0.547. The van der Waals surface area contributed by atoms with E-state index in [2.05, 4.69) is 49.8 Å². The first-order valence-corrected chi connectivity index (χ1v) is 10.9. The topological polar surface area (TPSA) is 25.4 Å². The summed E-state index contributed by atoms with van der Waals surface area (Å²) >= 11 is 7.09. The first-order chi connectivity index (χ1) is 12.2. The molecule has 0 spiro atoms. The average Bonchev–Trinajstić information content (AvgIpc) is 3.36. The van der Waals surface area contributed by atoms with Crippen LogP contribution in [0.3, 0.4) is 0 Å². The van der Waals surface area contributed by atoms with Crippen LogP contribution in [0.15, 0.2) is 45.6 Å². The SMILES string of the molecule is COc1ccc(Br)cc1-c1nc(CN2CCCC2c2cccs2)cs1. The molecule has 0 saturated carbocycles. The van der Waals surface area contributed by atoms with Gasteiger partial charge < -0.3 is 4.74 Å². The second kappa shape index (κ2) is 7.58. The third-order valence-electron chi connectivity index (χ3n) is 4.54. The van der Waals surface area contributed by atoms with Gasteiger partial charge in [0.2, 0.25) is 0 Å². The number of benzene rings is 1. The molecule has 2 aromatic heterocycles. The molecule has 6 heteroatoms. The van der Waals surface area contributed by atoms with Crippen molar-refractivity contribution < 1.29 is 4.74 Å². The average molecular weight is 435 g/mol. The van der Waals surface area contributed by atoms with Crippen LogP contribution in [0.5, 0.6) is 5.75 Å². The minimum Gasteiger partial charge on any atom is -0.496 e. The summed E-state index contributed by atoms with van der Waals surface area (Å²) in [5, 5.41) is 5.37. The first kappa shape index (κ1) is 17.2. The molecule has 130 valence electrons. The molecule has 25 heavy (non-hydrogen) atoms. The quantitative estimate of drug-likeness (QED) is 0.493. The van der Waals surface area contributed by atoms with Crippen LogP contribution in [0.25, 0.3) is 10.6 Å². The van der Waals surface area contributed by atoms with Gasteiger partial charge in [-0.05, 0) is 49.0 Å². The summed E-state index contributed by atoms with van der Waals surface area (Å²) in [4.78, 5) is 8.92. The Bertz CT molecular complexity index is 847. The number of hydrogen-bond acceptors (Lipinski definition) is 5. The van der Waals surface area contributed by atoms with Gasteiger partial charge >= 0.3 is 0 Å². The van der Waals surface area contributed by atoms with Crippen molar-refractivity contribution in [3.63, 3.8) is 0 Å². The highest BCUT2D eigenvalue weighted by atomic mass is 79.9. The van der Waals surface area contributed by atoms with Crippen LogP contribution in [0, 0.1) is 0 Å². The summed E-state index contributed by atoms with van der Waals surface area (Å²) in [6.45, 7) is 2.06. The molecule has 3 nitrogen and oxygen atoms in total. The number of nitrogens with zero attached hydrogens (tertiary/aromatic N) is 2. The zero-order chi connectivity index (χ0) is 17.2. The highest BCUT2D eigenvalue weighted by Crippen LogP contribution is 2.37. The Labute approximate surface area is 164 Å². The highest BCUT2D eigenvalue weighted by molar-refractivity contribution is 9.10. The fourth-order valence-corrected chi connectivity index (χ4v) is 5.47. The van der Waals surface area contributed by atoms with Crippen molar-refractivity contribution in [1.82, 2.24) is 9.88 Å². The van der Waals surface area contributed by atoms with Crippen LogP contribution in [0.2, 0.25) is 0 Å². The monoisotopic (exact) mass is 434 g/mol. The lowest BCUT2D eigenvalue weighted by molar-refractivity contribution is 0.249. The van der Waals surface area contributed by atoms with Gasteiger partial charge in [-0.15, -0.1) is 22.7 Å². The van der Waals surface area contributed by atoms with Gasteiger partial charge in [-0.1, -0.05) is 22.0 Å². The van der Waals surface area contributed by atoms with Gasteiger partial charge in [0.1, 0.15) is 10.8 Å². The van der Waals surface area contributed by atoms with Crippen molar-refractivity contribution in [2.75, 3.05) is 13.7 Å².